The van der Waals surface area contributed by atoms with Gasteiger partial charge in [0.1, 0.15) is 0 Å². The average molecular weight is 347 g/mol. The molecule has 0 spiro atoms. The van der Waals surface area contributed by atoms with Gasteiger partial charge < -0.3 is 9.64 Å². The Bertz CT molecular complexity index is 443. The largest absolute Gasteiger partial charge is 0.465 e. The summed E-state index contributed by atoms with van der Waals surface area (Å²) in [6.45, 7) is 0. The first-order valence-electron chi connectivity index (χ1n) is 4.99. The fraction of sp³-hybridized carbons (Fsp3) is 0.333. The van der Waals surface area contributed by atoms with E-state index in [9.17, 15) is 9.59 Å². The molecule has 0 saturated carbocycles. The van der Waals surface area contributed by atoms with Crippen LogP contribution in [0.4, 0.5) is 0 Å². The molecule has 0 aliphatic carbocycles. The molecule has 5 heteroatoms. The summed E-state index contributed by atoms with van der Waals surface area (Å²) in [6, 6.07) is 5.09. The normalized spacial score (nSPS) is 9.88. The highest BCUT2D eigenvalue weighted by molar-refractivity contribution is 14.1. The van der Waals surface area contributed by atoms with E-state index in [1.165, 1.54) is 12.0 Å². The third-order valence-electron chi connectivity index (χ3n) is 2.22. The van der Waals surface area contributed by atoms with Crippen molar-refractivity contribution in [3.63, 3.8) is 0 Å². The Hall–Kier alpha value is -1.11. The van der Waals surface area contributed by atoms with Crippen LogP contribution >= 0.6 is 22.6 Å². The molecular weight excluding hydrogens is 333 g/mol. The van der Waals surface area contributed by atoms with Crippen molar-refractivity contribution >= 4 is 34.5 Å². The minimum atomic E-state index is -0.426. The molecule has 0 N–H and O–H groups in total. The van der Waals surface area contributed by atoms with Crippen LogP contribution in [0.5, 0.6) is 0 Å². The van der Waals surface area contributed by atoms with Crippen molar-refractivity contribution in [2.24, 2.45) is 0 Å². The minimum absolute atomic E-state index is 0.123. The number of nitrogens with zero attached hydrogens (tertiary/aromatic N) is 1. The SMILES string of the molecule is COC(=O)c1cc(CI)cc(C(=O)N(C)C)c1. The minimum Gasteiger partial charge on any atom is -0.465 e. The van der Waals surface area contributed by atoms with Crippen LogP contribution in [0.25, 0.3) is 0 Å². The van der Waals surface area contributed by atoms with E-state index in [0.29, 0.717) is 11.1 Å². The second-order valence-electron chi connectivity index (χ2n) is 3.74. The van der Waals surface area contributed by atoms with Crippen LogP contribution in [0.1, 0.15) is 26.3 Å². The number of hydrogen-bond donors (Lipinski definition) is 0. The molecule has 0 aliphatic heterocycles. The van der Waals surface area contributed by atoms with E-state index in [1.807, 2.05) is 0 Å². The fourth-order valence-corrected chi connectivity index (χ4v) is 1.83. The molecule has 1 amide bonds. The molecule has 0 unspecified atom stereocenters. The summed E-state index contributed by atoms with van der Waals surface area (Å²) >= 11 is 2.19. The van der Waals surface area contributed by atoms with Crippen molar-refractivity contribution in [1.29, 1.82) is 0 Å². The van der Waals surface area contributed by atoms with Gasteiger partial charge in [-0.25, -0.2) is 4.79 Å². The van der Waals surface area contributed by atoms with E-state index in [1.54, 1.807) is 32.3 Å². The van der Waals surface area contributed by atoms with E-state index in [2.05, 4.69) is 27.3 Å². The lowest BCUT2D eigenvalue weighted by Gasteiger charge is -2.12. The van der Waals surface area contributed by atoms with Gasteiger partial charge in [-0.1, -0.05) is 22.6 Å². The highest BCUT2D eigenvalue weighted by atomic mass is 127. The van der Waals surface area contributed by atoms with Crippen LogP contribution in [-0.4, -0.2) is 38.0 Å². The van der Waals surface area contributed by atoms with Gasteiger partial charge in [0, 0.05) is 24.1 Å². The van der Waals surface area contributed by atoms with Gasteiger partial charge in [-0.05, 0) is 23.8 Å². The Kier molecular flexibility index (Phi) is 4.92. The predicted molar refractivity (Wildman–Crippen MR) is 73.5 cm³/mol. The highest BCUT2D eigenvalue weighted by Gasteiger charge is 2.14. The van der Waals surface area contributed by atoms with Gasteiger partial charge in [0.15, 0.2) is 0 Å². The first-order chi connectivity index (χ1) is 7.99. The maximum absolute atomic E-state index is 11.8. The number of amides is 1. The number of methoxy groups -OCH3 is 1. The number of ether oxygens (including phenoxy) is 1. The number of carbonyl (C=O) groups is 2. The lowest BCUT2D eigenvalue weighted by molar-refractivity contribution is 0.0600. The summed E-state index contributed by atoms with van der Waals surface area (Å²) in [6.07, 6.45) is 0. The van der Waals surface area contributed by atoms with Crippen LogP contribution in [0.2, 0.25) is 0 Å². The lowest BCUT2D eigenvalue weighted by atomic mass is 10.1. The zero-order valence-corrected chi connectivity index (χ0v) is 12.1. The second-order valence-corrected chi connectivity index (χ2v) is 4.51. The summed E-state index contributed by atoms with van der Waals surface area (Å²) in [4.78, 5) is 24.8. The number of alkyl halides is 1. The maximum atomic E-state index is 11.8. The molecule has 0 radical (unpaired) electrons. The number of hydrogen-bond acceptors (Lipinski definition) is 3. The van der Waals surface area contributed by atoms with Gasteiger partial charge in [-0.2, -0.15) is 0 Å². The molecule has 1 rings (SSSR count). The van der Waals surface area contributed by atoms with Gasteiger partial charge in [-0.3, -0.25) is 4.79 Å². The first-order valence-corrected chi connectivity index (χ1v) is 6.52. The Morgan fingerprint density at radius 3 is 2.29 bits per heavy atom. The monoisotopic (exact) mass is 347 g/mol. The number of carbonyl (C=O) groups excluding carboxylic acids is 2. The highest BCUT2D eigenvalue weighted by Crippen LogP contribution is 2.15. The number of esters is 1. The van der Waals surface area contributed by atoms with Crippen molar-refractivity contribution in [3.8, 4) is 0 Å². The van der Waals surface area contributed by atoms with Crippen molar-refractivity contribution in [1.82, 2.24) is 4.90 Å². The molecule has 17 heavy (non-hydrogen) atoms. The van der Waals surface area contributed by atoms with E-state index in [0.717, 1.165) is 9.99 Å². The van der Waals surface area contributed by atoms with E-state index >= 15 is 0 Å². The van der Waals surface area contributed by atoms with Crippen LogP contribution < -0.4 is 0 Å². The van der Waals surface area contributed by atoms with Crippen molar-refractivity contribution in [2.75, 3.05) is 21.2 Å². The smallest absolute Gasteiger partial charge is 0.337 e. The average Bonchev–Trinajstić information content (AvgIpc) is 2.35. The summed E-state index contributed by atoms with van der Waals surface area (Å²) in [5, 5.41) is 0. The zero-order chi connectivity index (χ0) is 13.0. The van der Waals surface area contributed by atoms with Crippen LogP contribution in [0.15, 0.2) is 18.2 Å². The second kappa shape index (κ2) is 6.00. The quantitative estimate of drug-likeness (QED) is 0.478. The third-order valence-corrected chi connectivity index (χ3v) is 3.10. The molecule has 0 bridgehead atoms. The molecule has 4 nitrogen and oxygen atoms in total. The number of halogens is 1. The topological polar surface area (TPSA) is 46.6 Å². The Morgan fingerprint density at radius 2 is 1.82 bits per heavy atom. The number of benzene rings is 1. The molecule has 0 aliphatic rings. The molecule has 0 heterocycles. The van der Waals surface area contributed by atoms with E-state index in [-0.39, 0.29) is 5.91 Å². The maximum Gasteiger partial charge on any atom is 0.337 e. The van der Waals surface area contributed by atoms with Gasteiger partial charge >= 0.3 is 5.97 Å². The van der Waals surface area contributed by atoms with Crippen molar-refractivity contribution in [3.05, 3.63) is 34.9 Å². The van der Waals surface area contributed by atoms with Crippen LogP contribution in [-0.2, 0) is 9.16 Å². The molecule has 0 fully saturated rings. The summed E-state index contributed by atoms with van der Waals surface area (Å²) in [7, 11) is 4.68. The predicted octanol–water partition coefficient (Wildman–Crippen LogP) is 2.11. The van der Waals surface area contributed by atoms with Crippen LogP contribution in [0.3, 0.4) is 0 Å². The zero-order valence-electron chi connectivity index (χ0n) is 9.99. The standard InChI is InChI=1S/C12H14INO3/c1-14(2)11(15)9-4-8(7-13)5-10(6-9)12(16)17-3/h4-6H,7H2,1-3H3. The molecule has 0 atom stereocenters. The summed E-state index contributed by atoms with van der Waals surface area (Å²) < 4.78 is 5.40. The molecule has 0 aromatic heterocycles. The molecule has 1 aromatic carbocycles. The summed E-state index contributed by atoms with van der Waals surface area (Å²) in [5.41, 5.74) is 1.84. The Morgan fingerprint density at radius 1 is 1.24 bits per heavy atom. The van der Waals surface area contributed by atoms with E-state index < -0.39 is 5.97 Å². The van der Waals surface area contributed by atoms with Gasteiger partial charge in [0.25, 0.3) is 5.91 Å². The summed E-state index contributed by atoms with van der Waals surface area (Å²) in [5.74, 6) is -0.550. The van der Waals surface area contributed by atoms with Crippen molar-refractivity contribution < 1.29 is 14.3 Å². The van der Waals surface area contributed by atoms with E-state index in [4.69, 9.17) is 0 Å². The van der Waals surface area contributed by atoms with Gasteiger partial charge in [0.05, 0.1) is 12.7 Å². The third kappa shape index (κ3) is 3.42. The molecule has 1 aromatic rings. The Labute approximate surface area is 114 Å². The molecule has 92 valence electrons. The van der Waals surface area contributed by atoms with Crippen molar-refractivity contribution in [2.45, 2.75) is 4.43 Å². The molecule has 0 saturated heterocycles. The van der Waals surface area contributed by atoms with Crippen LogP contribution in [0, 0.1) is 0 Å². The van der Waals surface area contributed by atoms with Gasteiger partial charge in [-0.15, -0.1) is 0 Å². The Balaban J connectivity index is 3.23. The first kappa shape index (κ1) is 14.0. The fourth-order valence-electron chi connectivity index (χ4n) is 1.39. The number of rotatable bonds is 3. The van der Waals surface area contributed by atoms with Gasteiger partial charge in [0.2, 0.25) is 0 Å². The molecular formula is C12H14INO3. The lowest BCUT2D eigenvalue weighted by Crippen LogP contribution is -2.22.